The van der Waals surface area contributed by atoms with E-state index in [1.165, 1.54) is 25.3 Å². The van der Waals surface area contributed by atoms with Gasteiger partial charge in [0.15, 0.2) is 0 Å². The normalized spacial score (nSPS) is 15.3. The Morgan fingerprint density at radius 3 is 2.74 bits per heavy atom. The van der Waals surface area contributed by atoms with E-state index in [2.05, 4.69) is 14.7 Å². The second kappa shape index (κ2) is 6.31. The van der Waals surface area contributed by atoms with Crippen LogP contribution in [0.5, 0.6) is 5.75 Å². The molecule has 23 heavy (non-hydrogen) atoms. The lowest BCUT2D eigenvalue weighted by Gasteiger charge is -2.39. The third-order valence-electron chi connectivity index (χ3n) is 3.51. The van der Waals surface area contributed by atoms with Crippen LogP contribution in [0.2, 0.25) is 5.02 Å². The zero-order valence-electron chi connectivity index (χ0n) is 12.3. The predicted molar refractivity (Wildman–Crippen MR) is 86.4 cm³/mol. The van der Waals surface area contributed by atoms with Crippen LogP contribution in [0.1, 0.15) is 0 Å². The molecule has 0 aliphatic carbocycles. The van der Waals surface area contributed by atoms with Gasteiger partial charge < -0.3 is 9.64 Å². The number of benzene rings is 1. The number of halogens is 1. The fourth-order valence-electron chi connectivity index (χ4n) is 2.30. The van der Waals surface area contributed by atoms with Crippen molar-refractivity contribution in [2.75, 3.05) is 25.1 Å². The van der Waals surface area contributed by atoms with Gasteiger partial charge in [-0.2, -0.15) is 0 Å². The van der Waals surface area contributed by atoms with Crippen molar-refractivity contribution >= 4 is 27.4 Å². The SMILES string of the molecule is COc1ccc(S(=O)(=O)NC2CN(c3cnccn3)C2)cc1Cl. The number of ether oxygens (including phenoxy) is 1. The second-order valence-corrected chi connectivity index (χ2v) is 7.20. The van der Waals surface area contributed by atoms with Gasteiger partial charge in [0.25, 0.3) is 0 Å². The van der Waals surface area contributed by atoms with Crippen molar-refractivity contribution in [3.63, 3.8) is 0 Å². The number of anilines is 1. The monoisotopic (exact) mass is 354 g/mol. The van der Waals surface area contributed by atoms with Gasteiger partial charge in [0.2, 0.25) is 10.0 Å². The summed E-state index contributed by atoms with van der Waals surface area (Å²) >= 11 is 5.98. The Morgan fingerprint density at radius 2 is 2.13 bits per heavy atom. The number of hydrogen-bond acceptors (Lipinski definition) is 6. The molecule has 0 amide bonds. The standard InChI is InChI=1S/C14H15ClN4O3S/c1-22-13-3-2-11(6-12(13)15)23(20,21)18-10-8-19(9-10)14-7-16-4-5-17-14/h2-7,10,18H,8-9H2,1H3. The first kappa shape index (κ1) is 16.0. The molecule has 1 N–H and O–H groups in total. The maximum atomic E-state index is 12.4. The van der Waals surface area contributed by atoms with Gasteiger partial charge in [0.1, 0.15) is 11.6 Å². The highest BCUT2D eigenvalue weighted by Crippen LogP contribution is 2.27. The lowest BCUT2D eigenvalue weighted by Crippen LogP contribution is -2.59. The van der Waals surface area contributed by atoms with E-state index in [4.69, 9.17) is 16.3 Å². The van der Waals surface area contributed by atoms with Crippen molar-refractivity contribution in [1.82, 2.24) is 14.7 Å². The summed E-state index contributed by atoms with van der Waals surface area (Å²) in [5, 5.41) is 0.255. The Balaban J connectivity index is 1.65. The minimum Gasteiger partial charge on any atom is -0.495 e. The Hall–Kier alpha value is -1.90. The third kappa shape index (κ3) is 3.39. The van der Waals surface area contributed by atoms with E-state index in [1.54, 1.807) is 18.6 Å². The van der Waals surface area contributed by atoms with E-state index in [0.29, 0.717) is 18.8 Å². The topological polar surface area (TPSA) is 84.4 Å². The number of methoxy groups -OCH3 is 1. The molecule has 122 valence electrons. The first-order chi connectivity index (χ1) is 11.0. The number of rotatable bonds is 5. The summed E-state index contributed by atoms with van der Waals surface area (Å²) in [5.41, 5.74) is 0. The Morgan fingerprint density at radius 1 is 1.35 bits per heavy atom. The molecule has 3 rings (SSSR count). The van der Waals surface area contributed by atoms with E-state index in [1.807, 2.05) is 4.90 Å². The number of hydrogen-bond donors (Lipinski definition) is 1. The molecule has 1 saturated heterocycles. The van der Waals surface area contributed by atoms with Gasteiger partial charge in [0, 0.05) is 25.5 Å². The van der Waals surface area contributed by atoms with Crippen LogP contribution in [0.25, 0.3) is 0 Å². The fourth-order valence-corrected chi connectivity index (χ4v) is 3.86. The zero-order chi connectivity index (χ0) is 16.4. The molecule has 1 aliphatic heterocycles. The first-order valence-electron chi connectivity index (χ1n) is 6.86. The van der Waals surface area contributed by atoms with Crippen LogP contribution in [0.15, 0.2) is 41.7 Å². The van der Waals surface area contributed by atoms with E-state index in [-0.39, 0.29) is 16.0 Å². The minimum absolute atomic E-state index is 0.112. The third-order valence-corrected chi connectivity index (χ3v) is 5.32. The molecule has 0 spiro atoms. The second-order valence-electron chi connectivity index (χ2n) is 5.08. The number of aromatic nitrogens is 2. The summed E-state index contributed by atoms with van der Waals surface area (Å²) in [6.07, 6.45) is 4.84. The maximum Gasteiger partial charge on any atom is 0.240 e. The van der Waals surface area contributed by atoms with Crippen LogP contribution in [0, 0.1) is 0 Å². The Labute approximate surface area is 139 Å². The quantitative estimate of drug-likeness (QED) is 0.871. The summed E-state index contributed by atoms with van der Waals surface area (Å²) in [4.78, 5) is 10.2. The summed E-state index contributed by atoms with van der Waals surface area (Å²) in [7, 11) is -2.15. The molecule has 1 aromatic heterocycles. The van der Waals surface area contributed by atoms with Gasteiger partial charge in [-0.1, -0.05) is 11.6 Å². The summed E-state index contributed by atoms with van der Waals surface area (Å²) in [5.74, 6) is 1.17. The molecule has 0 atom stereocenters. The van der Waals surface area contributed by atoms with Gasteiger partial charge >= 0.3 is 0 Å². The molecule has 2 heterocycles. The van der Waals surface area contributed by atoms with E-state index >= 15 is 0 Å². The van der Waals surface area contributed by atoms with Crippen LogP contribution < -0.4 is 14.4 Å². The summed E-state index contributed by atoms with van der Waals surface area (Å²) in [6, 6.07) is 4.19. The molecule has 0 radical (unpaired) electrons. The van der Waals surface area contributed by atoms with Gasteiger partial charge in [-0.25, -0.2) is 18.1 Å². The molecule has 1 aromatic carbocycles. The van der Waals surface area contributed by atoms with Crippen molar-refractivity contribution in [3.05, 3.63) is 41.8 Å². The summed E-state index contributed by atoms with van der Waals surface area (Å²) in [6.45, 7) is 1.09. The molecule has 0 saturated carbocycles. The minimum atomic E-state index is -3.63. The van der Waals surface area contributed by atoms with Gasteiger partial charge in [-0.05, 0) is 18.2 Å². The molecule has 9 heteroatoms. The highest BCUT2D eigenvalue weighted by atomic mass is 35.5. The molecule has 0 unspecified atom stereocenters. The van der Waals surface area contributed by atoms with Gasteiger partial charge in [-0.15, -0.1) is 0 Å². The van der Waals surface area contributed by atoms with Crippen molar-refractivity contribution in [3.8, 4) is 5.75 Å². The van der Waals surface area contributed by atoms with E-state index < -0.39 is 10.0 Å². The van der Waals surface area contributed by atoms with Crippen LogP contribution in [-0.2, 0) is 10.0 Å². The number of nitrogens with one attached hydrogen (secondary N) is 1. The van der Waals surface area contributed by atoms with Crippen LogP contribution in [0.3, 0.4) is 0 Å². The Bertz CT molecular complexity index is 795. The molecule has 0 bridgehead atoms. The molecule has 1 fully saturated rings. The fraction of sp³-hybridized carbons (Fsp3) is 0.286. The Kier molecular flexibility index (Phi) is 4.38. The van der Waals surface area contributed by atoms with Crippen LogP contribution in [-0.4, -0.2) is 44.6 Å². The van der Waals surface area contributed by atoms with Crippen molar-refractivity contribution in [2.24, 2.45) is 0 Å². The molecule has 2 aromatic rings. The number of nitrogens with zero attached hydrogens (tertiary/aromatic N) is 3. The van der Waals surface area contributed by atoms with Crippen molar-refractivity contribution in [1.29, 1.82) is 0 Å². The molecule has 1 aliphatic rings. The first-order valence-corrected chi connectivity index (χ1v) is 8.72. The van der Waals surface area contributed by atoms with Crippen molar-refractivity contribution in [2.45, 2.75) is 10.9 Å². The number of sulfonamides is 1. The average Bonchev–Trinajstić information content (AvgIpc) is 2.51. The lowest BCUT2D eigenvalue weighted by atomic mass is 10.1. The predicted octanol–water partition coefficient (Wildman–Crippen LogP) is 1.31. The molecular formula is C14H15ClN4O3S. The highest BCUT2D eigenvalue weighted by Gasteiger charge is 2.32. The molecular weight excluding hydrogens is 340 g/mol. The van der Waals surface area contributed by atoms with Gasteiger partial charge in [-0.3, -0.25) is 4.98 Å². The smallest absolute Gasteiger partial charge is 0.240 e. The van der Waals surface area contributed by atoms with Gasteiger partial charge in [0.05, 0.1) is 29.3 Å². The average molecular weight is 355 g/mol. The van der Waals surface area contributed by atoms with Crippen LogP contribution in [0.4, 0.5) is 5.82 Å². The van der Waals surface area contributed by atoms with Crippen LogP contribution >= 0.6 is 11.6 Å². The summed E-state index contributed by atoms with van der Waals surface area (Å²) < 4.78 is 32.4. The lowest BCUT2D eigenvalue weighted by molar-refractivity contribution is 0.414. The largest absolute Gasteiger partial charge is 0.495 e. The van der Waals surface area contributed by atoms with E-state index in [0.717, 1.165) is 5.82 Å². The van der Waals surface area contributed by atoms with E-state index in [9.17, 15) is 8.42 Å². The molecule has 7 nitrogen and oxygen atoms in total. The van der Waals surface area contributed by atoms with Crippen molar-refractivity contribution < 1.29 is 13.2 Å². The highest BCUT2D eigenvalue weighted by molar-refractivity contribution is 7.89. The zero-order valence-corrected chi connectivity index (χ0v) is 13.9. The maximum absolute atomic E-state index is 12.4.